The fraction of sp³-hybridized carbons (Fsp3) is 0.333. The number of amides is 1. The molecule has 0 saturated carbocycles. The Balaban J connectivity index is 2.84. The van der Waals surface area contributed by atoms with E-state index in [1.165, 1.54) is 10.9 Å². The summed E-state index contributed by atoms with van der Waals surface area (Å²) in [7, 11) is 0. The molecule has 0 fully saturated rings. The molecular weight excluding hydrogens is 166 g/mol. The zero-order valence-electron chi connectivity index (χ0n) is 5.99. The van der Waals surface area contributed by atoms with Crippen molar-refractivity contribution in [2.75, 3.05) is 0 Å². The second-order valence-electron chi connectivity index (χ2n) is 2.22. The molecule has 1 aromatic heterocycles. The summed E-state index contributed by atoms with van der Waals surface area (Å²) in [6.07, 6.45) is 3.01. The van der Waals surface area contributed by atoms with Gasteiger partial charge in [-0.25, -0.2) is 0 Å². The van der Waals surface area contributed by atoms with E-state index in [0.29, 0.717) is 5.02 Å². The van der Waals surface area contributed by atoms with E-state index in [1.54, 1.807) is 13.1 Å². The van der Waals surface area contributed by atoms with Crippen LogP contribution in [0.25, 0.3) is 0 Å². The first-order valence-corrected chi connectivity index (χ1v) is 3.48. The second kappa shape index (κ2) is 2.92. The lowest BCUT2D eigenvalue weighted by molar-refractivity contribution is -0.120. The molecule has 1 atom stereocenters. The first-order chi connectivity index (χ1) is 5.11. The van der Waals surface area contributed by atoms with Crippen LogP contribution in [0.3, 0.4) is 0 Å². The average Bonchev–Trinajstić information content (AvgIpc) is 2.34. The Labute approximate surface area is 68.9 Å². The van der Waals surface area contributed by atoms with Gasteiger partial charge in [-0.2, -0.15) is 5.10 Å². The summed E-state index contributed by atoms with van der Waals surface area (Å²) >= 11 is 5.57. The van der Waals surface area contributed by atoms with E-state index in [0.717, 1.165) is 0 Å². The highest BCUT2D eigenvalue weighted by Crippen LogP contribution is 2.09. The number of nitrogens with two attached hydrogens (primary N) is 1. The van der Waals surface area contributed by atoms with Gasteiger partial charge in [0.05, 0.1) is 11.2 Å². The number of carbonyl (C=O) groups is 1. The van der Waals surface area contributed by atoms with Gasteiger partial charge in [0.1, 0.15) is 6.04 Å². The highest BCUT2D eigenvalue weighted by atomic mass is 35.5. The van der Waals surface area contributed by atoms with Crippen LogP contribution in [0.2, 0.25) is 5.02 Å². The van der Waals surface area contributed by atoms with Crippen molar-refractivity contribution in [3.63, 3.8) is 0 Å². The highest BCUT2D eigenvalue weighted by molar-refractivity contribution is 6.30. The molecule has 1 aromatic rings. The van der Waals surface area contributed by atoms with Crippen molar-refractivity contribution < 1.29 is 4.79 Å². The molecule has 0 bridgehead atoms. The van der Waals surface area contributed by atoms with Gasteiger partial charge in [-0.05, 0) is 6.92 Å². The maximum Gasteiger partial charge on any atom is 0.241 e. The van der Waals surface area contributed by atoms with Crippen LogP contribution in [0, 0.1) is 0 Å². The van der Waals surface area contributed by atoms with Gasteiger partial charge in [0.2, 0.25) is 5.91 Å². The zero-order valence-corrected chi connectivity index (χ0v) is 6.75. The Hall–Kier alpha value is -1.03. The molecule has 11 heavy (non-hydrogen) atoms. The van der Waals surface area contributed by atoms with Crippen LogP contribution in [-0.4, -0.2) is 15.7 Å². The molecule has 0 aliphatic carbocycles. The van der Waals surface area contributed by atoms with Gasteiger partial charge in [-0.3, -0.25) is 9.48 Å². The smallest absolute Gasteiger partial charge is 0.241 e. The minimum atomic E-state index is -0.442. The minimum absolute atomic E-state index is 0.426. The summed E-state index contributed by atoms with van der Waals surface area (Å²) in [5.74, 6) is -0.426. The zero-order chi connectivity index (χ0) is 8.43. The summed E-state index contributed by atoms with van der Waals surface area (Å²) in [5.41, 5.74) is 5.03. The predicted molar refractivity (Wildman–Crippen MR) is 41.1 cm³/mol. The number of hydrogen-bond acceptors (Lipinski definition) is 2. The number of halogens is 1. The Morgan fingerprint density at radius 2 is 2.55 bits per heavy atom. The topological polar surface area (TPSA) is 60.9 Å². The normalized spacial score (nSPS) is 12.9. The van der Waals surface area contributed by atoms with Crippen LogP contribution in [-0.2, 0) is 4.79 Å². The molecule has 0 radical (unpaired) electrons. The molecular formula is C6H8ClN3O. The summed E-state index contributed by atoms with van der Waals surface area (Å²) in [6, 6.07) is -0.442. The molecule has 2 N–H and O–H groups in total. The van der Waals surface area contributed by atoms with Gasteiger partial charge < -0.3 is 5.73 Å². The first-order valence-electron chi connectivity index (χ1n) is 3.10. The first kappa shape index (κ1) is 8.07. The molecule has 5 heteroatoms. The van der Waals surface area contributed by atoms with E-state index in [9.17, 15) is 4.79 Å². The third-order valence-corrected chi connectivity index (χ3v) is 1.57. The SMILES string of the molecule is C[C@@H](C(N)=O)n1cc(Cl)cn1. The van der Waals surface area contributed by atoms with Crippen molar-refractivity contribution in [3.8, 4) is 0 Å². The molecule has 1 heterocycles. The number of primary amides is 1. The maximum absolute atomic E-state index is 10.6. The van der Waals surface area contributed by atoms with Crippen LogP contribution in [0.1, 0.15) is 13.0 Å². The Bertz CT molecular complexity index is 271. The van der Waals surface area contributed by atoms with Crippen molar-refractivity contribution in [1.82, 2.24) is 9.78 Å². The van der Waals surface area contributed by atoms with Crippen LogP contribution < -0.4 is 5.73 Å². The molecule has 4 nitrogen and oxygen atoms in total. The van der Waals surface area contributed by atoms with Crippen LogP contribution in [0.15, 0.2) is 12.4 Å². The van der Waals surface area contributed by atoms with Gasteiger partial charge in [0.15, 0.2) is 0 Å². The van der Waals surface area contributed by atoms with Gasteiger partial charge in [0, 0.05) is 6.20 Å². The quantitative estimate of drug-likeness (QED) is 0.712. The van der Waals surface area contributed by atoms with E-state index in [2.05, 4.69) is 5.10 Å². The molecule has 0 aromatic carbocycles. The van der Waals surface area contributed by atoms with E-state index < -0.39 is 11.9 Å². The predicted octanol–water partition coefficient (Wildman–Crippen LogP) is 0.583. The number of aromatic nitrogens is 2. The van der Waals surface area contributed by atoms with Crippen molar-refractivity contribution in [2.45, 2.75) is 13.0 Å². The molecule has 0 unspecified atom stereocenters. The van der Waals surface area contributed by atoms with Gasteiger partial charge >= 0.3 is 0 Å². The van der Waals surface area contributed by atoms with Gasteiger partial charge in [-0.1, -0.05) is 11.6 Å². The second-order valence-corrected chi connectivity index (χ2v) is 2.65. The van der Waals surface area contributed by atoms with Gasteiger partial charge in [-0.15, -0.1) is 0 Å². The number of rotatable bonds is 2. The van der Waals surface area contributed by atoms with E-state index in [1.807, 2.05) is 0 Å². The van der Waals surface area contributed by atoms with Crippen molar-refractivity contribution in [3.05, 3.63) is 17.4 Å². The molecule has 1 rings (SSSR count). The molecule has 0 spiro atoms. The number of nitrogens with zero attached hydrogens (tertiary/aromatic N) is 2. The van der Waals surface area contributed by atoms with Crippen molar-refractivity contribution in [2.24, 2.45) is 5.73 Å². The average molecular weight is 174 g/mol. The summed E-state index contributed by atoms with van der Waals surface area (Å²) in [5, 5.41) is 4.32. The lowest BCUT2D eigenvalue weighted by atomic mass is 10.3. The minimum Gasteiger partial charge on any atom is -0.368 e. The third-order valence-electron chi connectivity index (χ3n) is 1.38. The third kappa shape index (κ3) is 1.71. The standard InChI is InChI=1S/C6H8ClN3O/c1-4(6(8)11)10-3-5(7)2-9-10/h2-4H,1H3,(H2,8,11)/t4-/m0/s1. The maximum atomic E-state index is 10.6. The van der Waals surface area contributed by atoms with Crippen LogP contribution in [0.4, 0.5) is 0 Å². The fourth-order valence-corrected chi connectivity index (χ4v) is 0.801. The monoisotopic (exact) mass is 173 g/mol. The summed E-state index contributed by atoms with van der Waals surface area (Å²) in [4.78, 5) is 10.6. The Kier molecular flexibility index (Phi) is 2.14. The Morgan fingerprint density at radius 1 is 1.91 bits per heavy atom. The van der Waals surface area contributed by atoms with Crippen LogP contribution in [0.5, 0.6) is 0 Å². The van der Waals surface area contributed by atoms with Gasteiger partial charge in [0.25, 0.3) is 0 Å². The summed E-state index contributed by atoms with van der Waals surface area (Å²) < 4.78 is 1.42. The molecule has 0 aliphatic rings. The van der Waals surface area contributed by atoms with E-state index in [-0.39, 0.29) is 0 Å². The fourth-order valence-electron chi connectivity index (χ4n) is 0.657. The summed E-state index contributed by atoms with van der Waals surface area (Å²) in [6.45, 7) is 1.66. The molecule has 60 valence electrons. The molecule has 1 amide bonds. The van der Waals surface area contributed by atoms with E-state index in [4.69, 9.17) is 17.3 Å². The highest BCUT2D eigenvalue weighted by Gasteiger charge is 2.10. The molecule has 0 aliphatic heterocycles. The largest absolute Gasteiger partial charge is 0.368 e. The lowest BCUT2D eigenvalue weighted by Gasteiger charge is -2.05. The Morgan fingerprint density at radius 3 is 2.91 bits per heavy atom. The molecule has 0 saturated heterocycles. The van der Waals surface area contributed by atoms with E-state index >= 15 is 0 Å². The number of hydrogen-bond donors (Lipinski definition) is 1. The van der Waals surface area contributed by atoms with Crippen LogP contribution >= 0.6 is 11.6 Å². The lowest BCUT2D eigenvalue weighted by Crippen LogP contribution is -2.24. The van der Waals surface area contributed by atoms with Crippen molar-refractivity contribution >= 4 is 17.5 Å². The van der Waals surface area contributed by atoms with Crippen molar-refractivity contribution in [1.29, 1.82) is 0 Å². The number of carbonyl (C=O) groups excluding carboxylic acids is 1.